The molecule has 3 aromatic carbocycles. The average Bonchev–Trinajstić information content (AvgIpc) is 3.10. The SMILES string of the molecule is C=CC(=O)OC(COCCCCCCCCCCCC)COc1ccc(-c2nc(-c3ccc(C)cc3C)nc(-c3ccc(C)cc3C)n2)c(O)c1. The normalized spacial score (nSPS) is 11.7. The molecule has 1 N–H and O–H groups in total. The van der Waals surface area contributed by atoms with E-state index in [9.17, 15) is 9.90 Å². The largest absolute Gasteiger partial charge is 0.507 e. The Labute approximate surface area is 304 Å². The van der Waals surface area contributed by atoms with Crippen molar-refractivity contribution in [1.82, 2.24) is 15.0 Å². The van der Waals surface area contributed by atoms with Crippen LogP contribution in [0, 0.1) is 27.7 Å². The first-order valence-corrected chi connectivity index (χ1v) is 18.5. The summed E-state index contributed by atoms with van der Waals surface area (Å²) in [5.74, 6) is 1.21. The van der Waals surface area contributed by atoms with Gasteiger partial charge in [-0.25, -0.2) is 19.7 Å². The summed E-state index contributed by atoms with van der Waals surface area (Å²) in [5.41, 5.74) is 6.62. The van der Waals surface area contributed by atoms with Crippen LogP contribution in [0.1, 0.15) is 93.4 Å². The molecule has 1 unspecified atom stereocenters. The van der Waals surface area contributed by atoms with Gasteiger partial charge in [0.05, 0.1) is 12.2 Å². The molecule has 4 rings (SSSR count). The molecule has 0 saturated heterocycles. The summed E-state index contributed by atoms with van der Waals surface area (Å²) in [5, 5.41) is 11.2. The lowest BCUT2D eigenvalue weighted by atomic mass is 10.0. The number of hydrogen-bond donors (Lipinski definition) is 1. The molecule has 272 valence electrons. The lowest BCUT2D eigenvalue weighted by molar-refractivity contribution is -0.148. The summed E-state index contributed by atoms with van der Waals surface area (Å²) in [6.07, 6.45) is 13.0. The van der Waals surface area contributed by atoms with Crippen molar-refractivity contribution in [1.29, 1.82) is 0 Å². The molecular formula is C43H55N3O5. The van der Waals surface area contributed by atoms with E-state index in [0.29, 0.717) is 35.4 Å². The fourth-order valence-corrected chi connectivity index (χ4v) is 6.08. The first-order valence-electron chi connectivity index (χ1n) is 18.5. The highest BCUT2D eigenvalue weighted by atomic mass is 16.6. The Kier molecular flexibility index (Phi) is 15.6. The van der Waals surface area contributed by atoms with Gasteiger partial charge in [0.2, 0.25) is 0 Å². The molecule has 1 heterocycles. The highest BCUT2D eigenvalue weighted by Gasteiger charge is 2.19. The van der Waals surface area contributed by atoms with Crippen LogP contribution >= 0.6 is 0 Å². The minimum Gasteiger partial charge on any atom is -0.507 e. The number of nitrogens with zero attached hydrogens (tertiary/aromatic N) is 3. The molecule has 0 fully saturated rings. The predicted molar refractivity (Wildman–Crippen MR) is 205 cm³/mol. The molecule has 0 amide bonds. The first-order chi connectivity index (χ1) is 24.7. The van der Waals surface area contributed by atoms with Gasteiger partial charge in [-0.15, -0.1) is 0 Å². The molecule has 0 radical (unpaired) electrons. The second kappa shape index (κ2) is 20.3. The molecule has 0 aliphatic carbocycles. The number of phenolic OH excluding ortho intramolecular Hbond substituents is 1. The van der Waals surface area contributed by atoms with Crippen molar-refractivity contribution in [3.63, 3.8) is 0 Å². The molecule has 0 spiro atoms. The molecule has 0 bridgehead atoms. The van der Waals surface area contributed by atoms with E-state index in [4.69, 9.17) is 29.2 Å². The fourth-order valence-electron chi connectivity index (χ4n) is 6.08. The topological polar surface area (TPSA) is 104 Å². The van der Waals surface area contributed by atoms with Crippen molar-refractivity contribution >= 4 is 5.97 Å². The summed E-state index contributed by atoms with van der Waals surface area (Å²) in [4.78, 5) is 26.6. The predicted octanol–water partition coefficient (Wildman–Crippen LogP) is 10.2. The Bertz CT molecular complexity index is 1670. The molecule has 51 heavy (non-hydrogen) atoms. The average molecular weight is 694 g/mol. The number of hydrogen-bond acceptors (Lipinski definition) is 8. The Morgan fingerprint density at radius 1 is 0.706 bits per heavy atom. The summed E-state index contributed by atoms with van der Waals surface area (Å²) in [6.45, 7) is 14.8. The van der Waals surface area contributed by atoms with Crippen molar-refractivity contribution in [2.24, 2.45) is 0 Å². The van der Waals surface area contributed by atoms with Gasteiger partial charge in [0.1, 0.15) is 18.1 Å². The molecule has 4 aromatic rings. The number of aromatic hydroxyl groups is 1. The number of carbonyl (C=O) groups excluding carboxylic acids is 1. The van der Waals surface area contributed by atoms with E-state index in [1.165, 1.54) is 57.4 Å². The van der Waals surface area contributed by atoms with Crippen LogP contribution < -0.4 is 4.74 Å². The third kappa shape index (κ3) is 12.3. The third-order valence-electron chi connectivity index (χ3n) is 8.92. The van der Waals surface area contributed by atoms with Crippen LogP contribution in [0.4, 0.5) is 0 Å². The monoisotopic (exact) mass is 693 g/mol. The molecular weight excluding hydrogens is 638 g/mol. The Morgan fingerprint density at radius 3 is 1.73 bits per heavy atom. The Morgan fingerprint density at radius 2 is 1.22 bits per heavy atom. The van der Waals surface area contributed by atoms with E-state index in [2.05, 4.69) is 39.5 Å². The number of esters is 1. The number of carbonyl (C=O) groups is 1. The Balaban J connectivity index is 1.42. The van der Waals surface area contributed by atoms with E-state index in [1.807, 2.05) is 38.1 Å². The quantitative estimate of drug-likeness (QED) is 0.0522. The lowest BCUT2D eigenvalue weighted by Gasteiger charge is -2.18. The number of rotatable bonds is 21. The van der Waals surface area contributed by atoms with Crippen molar-refractivity contribution in [2.75, 3.05) is 19.8 Å². The van der Waals surface area contributed by atoms with E-state index in [1.54, 1.807) is 12.1 Å². The van der Waals surface area contributed by atoms with Crippen LogP contribution in [0.5, 0.6) is 11.5 Å². The molecule has 0 aliphatic heterocycles. The van der Waals surface area contributed by atoms with Crippen molar-refractivity contribution in [3.05, 3.63) is 89.5 Å². The number of aryl methyl sites for hydroxylation is 4. The maximum atomic E-state index is 12.0. The lowest BCUT2D eigenvalue weighted by Crippen LogP contribution is -2.29. The number of phenols is 1. The number of aromatic nitrogens is 3. The van der Waals surface area contributed by atoms with Crippen molar-refractivity contribution < 1.29 is 24.1 Å². The smallest absolute Gasteiger partial charge is 0.330 e. The molecule has 0 saturated carbocycles. The minimum absolute atomic E-state index is 0.0475. The molecule has 8 nitrogen and oxygen atoms in total. The zero-order valence-electron chi connectivity index (χ0n) is 31.2. The highest BCUT2D eigenvalue weighted by Crippen LogP contribution is 2.34. The number of unbranched alkanes of at least 4 members (excludes halogenated alkanes) is 9. The molecule has 1 atom stereocenters. The standard InChI is InChI=1S/C43H55N3O5/c1-7-9-10-11-12-13-14-15-16-17-24-49-28-35(51-40(48)8-2)29-50-34-20-23-38(39(47)27-34)43-45-41(36-21-18-30(3)25-32(36)5)44-42(46-43)37-22-19-31(4)26-33(37)6/h8,18-23,25-27,35,47H,2,7,9-17,24,28-29H2,1,3-6H3. The molecule has 8 heteroatoms. The number of benzene rings is 3. The van der Waals surface area contributed by atoms with Gasteiger partial charge in [0, 0.05) is 29.9 Å². The first kappa shape index (κ1) is 39.2. The van der Waals surface area contributed by atoms with Crippen LogP contribution in [-0.2, 0) is 14.3 Å². The van der Waals surface area contributed by atoms with Gasteiger partial charge in [-0.2, -0.15) is 0 Å². The van der Waals surface area contributed by atoms with E-state index in [0.717, 1.165) is 52.3 Å². The van der Waals surface area contributed by atoms with Crippen LogP contribution in [0.2, 0.25) is 0 Å². The van der Waals surface area contributed by atoms with Crippen molar-refractivity contribution in [3.8, 4) is 45.7 Å². The summed E-state index contributed by atoms with van der Waals surface area (Å²) < 4.78 is 17.3. The van der Waals surface area contributed by atoms with E-state index < -0.39 is 12.1 Å². The van der Waals surface area contributed by atoms with Gasteiger partial charge in [0.15, 0.2) is 23.6 Å². The van der Waals surface area contributed by atoms with Crippen molar-refractivity contribution in [2.45, 2.75) is 105 Å². The van der Waals surface area contributed by atoms with E-state index >= 15 is 0 Å². The van der Waals surface area contributed by atoms with Crippen LogP contribution in [0.15, 0.2) is 67.3 Å². The maximum absolute atomic E-state index is 12.0. The second-order valence-corrected chi connectivity index (χ2v) is 13.5. The Hall–Kier alpha value is -4.56. The van der Waals surface area contributed by atoms with E-state index in [-0.39, 0.29) is 19.0 Å². The van der Waals surface area contributed by atoms with Crippen LogP contribution in [0.25, 0.3) is 34.2 Å². The highest BCUT2D eigenvalue weighted by molar-refractivity contribution is 5.81. The van der Waals surface area contributed by atoms with Gasteiger partial charge in [-0.3, -0.25) is 0 Å². The maximum Gasteiger partial charge on any atom is 0.330 e. The zero-order valence-corrected chi connectivity index (χ0v) is 31.2. The molecule has 0 aliphatic rings. The zero-order chi connectivity index (χ0) is 36.6. The summed E-state index contributed by atoms with van der Waals surface area (Å²) in [7, 11) is 0. The van der Waals surface area contributed by atoms with Crippen LogP contribution in [-0.4, -0.2) is 52.0 Å². The third-order valence-corrected chi connectivity index (χ3v) is 8.92. The van der Waals surface area contributed by atoms with Gasteiger partial charge in [-0.1, -0.05) is 119 Å². The molecule has 1 aromatic heterocycles. The fraction of sp³-hybridized carbons (Fsp3) is 0.442. The van der Waals surface area contributed by atoms with Gasteiger partial charge in [0.25, 0.3) is 0 Å². The van der Waals surface area contributed by atoms with Gasteiger partial charge in [-0.05, 0) is 57.4 Å². The number of ether oxygens (including phenoxy) is 3. The van der Waals surface area contributed by atoms with Gasteiger partial charge < -0.3 is 19.3 Å². The van der Waals surface area contributed by atoms with Crippen LogP contribution in [0.3, 0.4) is 0 Å². The summed E-state index contributed by atoms with van der Waals surface area (Å²) >= 11 is 0. The van der Waals surface area contributed by atoms with Gasteiger partial charge >= 0.3 is 5.97 Å². The minimum atomic E-state index is -0.635. The summed E-state index contributed by atoms with van der Waals surface area (Å²) in [6, 6.07) is 17.3. The second-order valence-electron chi connectivity index (χ2n) is 13.5.